The molecule has 2 N–H and O–H groups in total. The highest BCUT2D eigenvalue weighted by Gasteiger charge is 2.23. The molecule has 1 aliphatic heterocycles. The first-order valence-corrected chi connectivity index (χ1v) is 6.43. The van der Waals surface area contributed by atoms with Gasteiger partial charge in [0.2, 0.25) is 0 Å². The van der Waals surface area contributed by atoms with Crippen LogP contribution < -0.4 is 14.8 Å². The van der Waals surface area contributed by atoms with E-state index in [1.54, 1.807) is 20.8 Å². The highest BCUT2D eigenvalue weighted by atomic mass is 16.6. The summed E-state index contributed by atoms with van der Waals surface area (Å²) in [5.41, 5.74) is -0.463. The van der Waals surface area contributed by atoms with Crippen LogP contribution in [0.2, 0.25) is 0 Å². The Morgan fingerprint density at radius 1 is 1.24 bits per heavy atom. The number of amides is 1. The van der Waals surface area contributed by atoms with E-state index in [2.05, 4.69) is 5.32 Å². The van der Waals surface area contributed by atoms with Gasteiger partial charge in [-0.25, -0.2) is 9.59 Å². The number of carbonyl (C=O) groups excluding carboxylic acids is 1. The van der Waals surface area contributed by atoms with E-state index in [1.807, 2.05) is 0 Å². The molecular formula is C14H17NO6. The summed E-state index contributed by atoms with van der Waals surface area (Å²) in [6, 6.07) is 2.66. The molecule has 2 rings (SSSR count). The van der Waals surface area contributed by atoms with Crippen LogP contribution in [0.25, 0.3) is 0 Å². The molecule has 0 aromatic heterocycles. The molecule has 0 aliphatic carbocycles. The molecular weight excluding hydrogens is 278 g/mol. The largest absolute Gasteiger partial charge is 0.486 e. The van der Waals surface area contributed by atoms with Gasteiger partial charge in [-0.1, -0.05) is 0 Å². The fourth-order valence-electron chi connectivity index (χ4n) is 1.78. The second-order valence-corrected chi connectivity index (χ2v) is 5.48. The number of hydrogen-bond acceptors (Lipinski definition) is 5. The van der Waals surface area contributed by atoms with Crippen molar-refractivity contribution in [1.82, 2.24) is 0 Å². The number of carboxylic acid groups (broad SMARTS) is 1. The minimum atomic E-state index is -1.13. The van der Waals surface area contributed by atoms with E-state index in [4.69, 9.17) is 19.3 Å². The molecule has 0 saturated heterocycles. The molecule has 1 aromatic carbocycles. The third-order valence-corrected chi connectivity index (χ3v) is 2.52. The maximum absolute atomic E-state index is 11.8. The zero-order valence-corrected chi connectivity index (χ0v) is 12.1. The average Bonchev–Trinajstić information content (AvgIpc) is 2.36. The minimum Gasteiger partial charge on any atom is -0.486 e. The van der Waals surface area contributed by atoms with Crippen LogP contribution in [-0.2, 0) is 4.74 Å². The fourth-order valence-corrected chi connectivity index (χ4v) is 1.78. The van der Waals surface area contributed by atoms with E-state index in [0.717, 1.165) is 0 Å². The Morgan fingerprint density at radius 2 is 1.90 bits per heavy atom. The quantitative estimate of drug-likeness (QED) is 0.870. The van der Waals surface area contributed by atoms with Crippen molar-refractivity contribution in [3.63, 3.8) is 0 Å². The zero-order chi connectivity index (χ0) is 15.6. The van der Waals surface area contributed by atoms with Gasteiger partial charge in [0.05, 0.1) is 11.3 Å². The minimum absolute atomic E-state index is 0.00897. The van der Waals surface area contributed by atoms with Crippen LogP contribution in [0.5, 0.6) is 11.5 Å². The molecule has 0 fully saturated rings. The van der Waals surface area contributed by atoms with Gasteiger partial charge < -0.3 is 19.3 Å². The van der Waals surface area contributed by atoms with Crippen molar-refractivity contribution in [2.75, 3.05) is 18.5 Å². The number of ether oxygens (including phenoxy) is 3. The topological polar surface area (TPSA) is 94.1 Å². The first-order chi connectivity index (χ1) is 9.76. The predicted molar refractivity (Wildman–Crippen MR) is 74.2 cm³/mol. The summed E-state index contributed by atoms with van der Waals surface area (Å²) in [5.74, 6) is -0.538. The number of nitrogens with one attached hydrogen (secondary N) is 1. The molecule has 0 saturated carbocycles. The van der Waals surface area contributed by atoms with Gasteiger partial charge in [0.1, 0.15) is 18.8 Å². The normalized spacial score (nSPS) is 13.5. The number of anilines is 1. The van der Waals surface area contributed by atoms with Gasteiger partial charge in [0.15, 0.2) is 11.5 Å². The maximum Gasteiger partial charge on any atom is 0.412 e. The Kier molecular flexibility index (Phi) is 3.93. The summed E-state index contributed by atoms with van der Waals surface area (Å²) in [4.78, 5) is 22.9. The van der Waals surface area contributed by atoms with Crippen LogP contribution in [0.4, 0.5) is 10.5 Å². The van der Waals surface area contributed by atoms with E-state index in [1.165, 1.54) is 12.1 Å². The molecule has 21 heavy (non-hydrogen) atoms. The van der Waals surface area contributed by atoms with E-state index in [9.17, 15) is 9.59 Å². The monoisotopic (exact) mass is 295 g/mol. The summed E-state index contributed by atoms with van der Waals surface area (Å²) in [6.07, 6.45) is -0.693. The van der Waals surface area contributed by atoms with Crippen molar-refractivity contribution in [3.8, 4) is 11.5 Å². The second kappa shape index (κ2) is 5.51. The Hall–Kier alpha value is -2.44. The number of carbonyl (C=O) groups is 2. The van der Waals surface area contributed by atoms with Gasteiger partial charge in [0, 0.05) is 0 Å². The molecule has 1 amide bonds. The van der Waals surface area contributed by atoms with Gasteiger partial charge in [-0.2, -0.15) is 0 Å². The number of aromatic carboxylic acids is 1. The van der Waals surface area contributed by atoms with Crippen LogP contribution in [0.1, 0.15) is 31.1 Å². The summed E-state index contributed by atoms with van der Waals surface area (Å²) in [7, 11) is 0. The van der Waals surface area contributed by atoms with E-state index >= 15 is 0 Å². The molecule has 7 nitrogen and oxygen atoms in total. The van der Waals surface area contributed by atoms with Gasteiger partial charge in [-0.15, -0.1) is 0 Å². The molecule has 1 heterocycles. The van der Waals surface area contributed by atoms with Crippen molar-refractivity contribution < 1.29 is 28.9 Å². The smallest absolute Gasteiger partial charge is 0.412 e. The number of fused-ring (bicyclic) bond motifs is 1. The highest BCUT2D eigenvalue weighted by molar-refractivity contribution is 5.94. The Morgan fingerprint density at radius 3 is 2.52 bits per heavy atom. The van der Waals surface area contributed by atoms with Gasteiger partial charge in [-0.05, 0) is 32.9 Å². The lowest BCUT2D eigenvalue weighted by Gasteiger charge is -2.23. The predicted octanol–water partition coefficient (Wildman–Crippen LogP) is 2.50. The summed E-state index contributed by atoms with van der Waals surface area (Å²) in [5, 5.41) is 11.6. The Balaban J connectivity index is 2.31. The second-order valence-electron chi connectivity index (χ2n) is 5.48. The fraction of sp³-hybridized carbons (Fsp3) is 0.429. The summed E-state index contributed by atoms with van der Waals surface area (Å²) in [6.45, 7) is 5.84. The highest BCUT2D eigenvalue weighted by Crippen LogP contribution is 2.39. The Labute approximate surface area is 121 Å². The molecule has 0 bridgehead atoms. The van der Waals surface area contributed by atoms with Gasteiger partial charge in [-0.3, -0.25) is 5.32 Å². The number of benzene rings is 1. The van der Waals surface area contributed by atoms with Crippen LogP contribution >= 0.6 is 0 Å². The molecule has 1 aliphatic rings. The molecule has 0 atom stereocenters. The van der Waals surface area contributed by atoms with Crippen molar-refractivity contribution in [2.45, 2.75) is 26.4 Å². The third-order valence-electron chi connectivity index (χ3n) is 2.52. The van der Waals surface area contributed by atoms with Crippen LogP contribution in [0, 0.1) is 0 Å². The van der Waals surface area contributed by atoms with Crippen molar-refractivity contribution in [2.24, 2.45) is 0 Å². The maximum atomic E-state index is 11.8. The van der Waals surface area contributed by atoms with Crippen molar-refractivity contribution in [3.05, 3.63) is 17.7 Å². The summed E-state index contributed by atoms with van der Waals surface area (Å²) < 4.78 is 15.9. The van der Waals surface area contributed by atoms with Crippen molar-refractivity contribution in [1.29, 1.82) is 0 Å². The molecule has 0 spiro atoms. The standard InChI is InChI=1S/C14H17NO6/c1-14(2,3)21-13(18)15-9-6-8(12(16)17)7-10-11(9)20-5-4-19-10/h6-7H,4-5H2,1-3H3,(H,15,18)(H,16,17). The lowest BCUT2D eigenvalue weighted by molar-refractivity contribution is 0.0631. The van der Waals surface area contributed by atoms with E-state index in [-0.39, 0.29) is 17.0 Å². The first-order valence-electron chi connectivity index (χ1n) is 6.43. The first kappa shape index (κ1) is 15.0. The van der Waals surface area contributed by atoms with Gasteiger partial charge >= 0.3 is 12.1 Å². The number of carboxylic acids is 1. The molecule has 114 valence electrons. The van der Waals surface area contributed by atoms with Gasteiger partial charge in [0.25, 0.3) is 0 Å². The van der Waals surface area contributed by atoms with Crippen molar-refractivity contribution >= 4 is 17.7 Å². The molecule has 1 aromatic rings. The van der Waals surface area contributed by atoms with E-state index < -0.39 is 17.7 Å². The SMILES string of the molecule is CC(C)(C)OC(=O)Nc1cc(C(=O)O)cc2c1OCCO2. The van der Waals surface area contributed by atoms with Crippen LogP contribution in [-0.4, -0.2) is 36.0 Å². The lowest BCUT2D eigenvalue weighted by atomic mass is 10.1. The Bertz CT molecular complexity index is 576. The molecule has 0 unspecified atom stereocenters. The summed E-state index contributed by atoms with van der Waals surface area (Å²) >= 11 is 0. The molecule has 0 radical (unpaired) electrons. The average molecular weight is 295 g/mol. The third kappa shape index (κ3) is 3.77. The van der Waals surface area contributed by atoms with E-state index in [0.29, 0.717) is 19.0 Å². The van der Waals surface area contributed by atoms with Crippen LogP contribution in [0.3, 0.4) is 0 Å². The van der Waals surface area contributed by atoms with Crippen LogP contribution in [0.15, 0.2) is 12.1 Å². The lowest BCUT2D eigenvalue weighted by Crippen LogP contribution is -2.28. The zero-order valence-electron chi connectivity index (χ0n) is 12.1. The number of rotatable bonds is 2. The molecule has 7 heteroatoms. The number of hydrogen-bond donors (Lipinski definition) is 2.